The molecular formula is C19H24N2O. The van der Waals surface area contributed by atoms with Crippen molar-refractivity contribution in [2.24, 2.45) is 5.73 Å². The van der Waals surface area contributed by atoms with Gasteiger partial charge in [-0.05, 0) is 68.4 Å². The van der Waals surface area contributed by atoms with Crippen LogP contribution in [-0.2, 0) is 19.4 Å². The van der Waals surface area contributed by atoms with E-state index in [-0.39, 0.29) is 5.56 Å². The van der Waals surface area contributed by atoms with Gasteiger partial charge >= 0.3 is 0 Å². The average molecular weight is 296 g/mol. The minimum absolute atomic E-state index is 0.0526. The molecule has 3 heteroatoms. The molecule has 1 heterocycles. The second kappa shape index (κ2) is 6.09. The van der Waals surface area contributed by atoms with Gasteiger partial charge in [0.25, 0.3) is 5.56 Å². The zero-order valence-electron chi connectivity index (χ0n) is 13.5. The second-order valence-electron chi connectivity index (χ2n) is 6.27. The van der Waals surface area contributed by atoms with E-state index < -0.39 is 0 Å². The van der Waals surface area contributed by atoms with E-state index in [1.54, 1.807) is 0 Å². The summed E-state index contributed by atoms with van der Waals surface area (Å²) in [6, 6.07) is 8.22. The number of hydrogen-bond acceptors (Lipinski definition) is 2. The largest absolute Gasteiger partial charge is 0.326 e. The minimum atomic E-state index is 0.0526. The van der Waals surface area contributed by atoms with Crippen LogP contribution in [0, 0.1) is 13.8 Å². The molecule has 0 bridgehead atoms. The summed E-state index contributed by atoms with van der Waals surface area (Å²) < 4.78 is 1.94. The number of rotatable bonds is 2. The molecule has 3 rings (SSSR count). The van der Waals surface area contributed by atoms with Crippen molar-refractivity contribution in [3.05, 3.63) is 62.6 Å². The van der Waals surface area contributed by atoms with E-state index in [0.29, 0.717) is 6.54 Å². The Kier molecular flexibility index (Phi) is 4.16. The van der Waals surface area contributed by atoms with Gasteiger partial charge in [0.05, 0.1) is 5.69 Å². The Morgan fingerprint density at radius 2 is 1.91 bits per heavy atom. The summed E-state index contributed by atoms with van der Waals surface area (Å²) in [5, 5.41) is 0. The van der Waals surface area contributed by atoms with Gasteiger partial charge in [0.2, 0.25) is 0 Å². The van der Waals surface area contributed by atoms with Crippen molar-refractivity contribution in [2.45, 2.75) is 52.5 Å². The normalized spacial score (nSPS) is 14.5. The lowest BCUT2D eigenvalue weighted by Gasteiger charge is -2.19. The van der Waals surface area contributed by atoms with E-state index in [2.05, 4.69) is 26.0 Å². The fourth-order valence-electron chi connectivity index (χ4n) is 3.42. The van der Waals surface area contributed by atoms with Crippen LogP contribution in [0.2, 0.25) is 0 Å². The zero-order chi connectivity index (χ0) is 15.7. The highest BCUT2D eigenvalue weighted by Gasteiger charge is 2.18. The monoisotopic (exact) mass is 296 g/mol. The van der Waals surface area contributed by atoms with E-state index in [9.17, 15) is 4.79 Å². The molecule has 0 amide bonds. The number of pyridine rings is 1. The number of nitrogens with zero attached hydrogens (tertiary/aromatic N) is 1. The topological polar surface area (TPSA) is 48.0 Å². The van der Waals surface area contributed by atoms with E-state index in [0.717, 1.165) is 30.5 Å². The molecule has 2 N–H and O–H groups in total. The lowest BCUT2D eigenvalue weighted by molar-refractivity contribution is 0.702. The highest BCUT2D eigenvalue weighted by atomic mass is 16.1. The van der Waals surface area contributed by atoms with Gasteiger partial charge in [-0.1, -0.05) is 18.6 Å². The number of benzene rings is 1. The van der Waals surface area contributed by atoms with Crippen molar-refractivity contribution in [2.75, 3.05) is 0 Å². The molecule has 3 nitrogen and oxygen atoms in total. The molecule has 0 saturated heterocycles. The van der Waals surface area contributed by atoms with Gasteiger partial charge in [-0.25, -0.2) is 0 Å². The van der Waals surface area contributed by atoms with Crippen LogP contribution < -0.4 is 11.3 Å². The second-order valence-corrected chi connectivity index (χ2v) is 6.27. The molecule has 1 aromatic carbocycles. The van der Waals surface area contributed by atoms with Crippen LogP contribution in [0.15, 0.2) is 29.1 Å². The maximum atomic E-state index is 12.9. The SMILES string of the molecule is Cc1cccc(-n2c3c(cc(CN)c2=O)CCCCC3)c1C. The minimum Gasteiger partial charge on any atom is -0.326 e. The molecule has 0 aliphatic heterocycles. The predicted octanol–water partition coefficient (Wildman–Crippen LogP) is 3.18. The Hall–Kier alpha value is -1.87. The van der Waals surface area contributed by atoms with Crippen LogP contribution in [0.5, 0.6) is 0 Å². The summed E-state index contributed by atoms with van der Waals surface area (Å²) in [4.78, 5) is 12.9. The van der Waals surface area contributed by atoms with Crippen molar-refractivity contribution >= 4 is 0 Å². The molecule has 0 atom stereocenters. The van der Waals surface area contributed by atoms with Crippen molar-refractivity contribution in [1.82, 2.24) is 4.57 Å². The molecule has 0 fully saturated rings. The first-order valence-corrected chi connectivity index (χ1v) is 8.17. The molecule has 0 spiro atoms. The maximum absolute atomic E-state index is 12.9. The van der Waals surface area contributed by atoms with E-state index in [1.807, 2.05) is 16.7 Å². The van der Waals surface area contributed by atoms with Crippen LogP contribution in [0.1, 0.15) is 47.2 Å². The summed E-state index contributed by atoms with van der Waals surface area (Å²) in [5.41, 5.74) is 12.5. The highest BCUT2D eigenvalue weighted by molar-refractivity contribution is 5.48. The summed E-state index contributed by atoms with van der Waals surface area (Å²) >= 11 is 0. The molecule has 2 aromatic rings. The maximum Gasteiger partial charge on any atom is 0.259 e. The fourth-order valence-corrected chi connectivity index (χ4v) is 3.42. The first-order valence-electron chi connectivity index (χ1n) is 8.17. The third-order valence-electron chi connectivity index (χ3n) is 4.86. The molecule has 116 valence electrons. The average Bonchev–Trinajstić information content (AvgIpc) is 2.75. The first kappa shape index (κ1) is 15.0. The van der Waals surface area contributed by atoms with Gasteiger partial charge < -0.3 is 5.73 Å². The van der Waals surface area contributed by atoms with Crippen molar-refractivity contribution in [3.8, 4) is 5.69 Å². The summed E-state index contributed by atoms with van der Waals surface area (Å²) in [5.74, 6) is 0. The lowest BCUT2D eigenvalue weighted by atomic mass is 10.0. The Morgan fingerprint density at radius 1 is 1.14 bits per heavy atom. The summed E-state index contributed by atoms with van der Waals surface area (Å²) in [6.07, 6.45) is 5.60. The van der Waals surface area contributed by atoms with Crippen molar-refractivity contribution in [1.29, 1.82) is 0 Å². The van der Waals surface area contributed by atoms with Gasteiger partial charge in [-0.3, -0.25) is 9.36 Å². The summed E-state index contributed by atoms with van der Waals surface area (Å²) in [7, 11) is 0. The number of aryl methyl sites for hydroxylation is 2. The van der Waals surface area contributed by atoms with Crippen LogP contribution in [0.3, 0.4) is 0 Å². The summed E-state index contributed by atoms with van der Waals surface area (Å²) in [6.45, 7) is 4.49. The smallest absolute Gasteiger partial charge is 0.259 e. The number of hydrogen-bond donors (Lipinski definition) is 1. The standard InChI is InChI=1S/C19H24N2O/c1-13-7-6-10-17(14(13)2)21-18-9-5-3-4-8-15(18)11-16(12-20)19(21)22/h6-7,10-11H,3-5,8-9,12,20H2,1-2H3. The molecule has 1 aromatic heterocycles. The number of aromatic nitrogens is 1. The molecule has 0 unspecified atom stereocenters. The van der Waals surface area contributed by atoms with Crippen molar-refractivity contribution in [3.63, 3.8) is 0 Å². The predicted molar refractivity (Wildman–Crippen MR) is 90.7 cm³/mol. The Labute approximate surface area is 131 Å². The Morgan fingerprint density at radius 3 is 2.68 bits per heavy atom. The van der Waals surface area contributed by atoms with Gasteiger partial charge in [0.1, 0.15) is 0 Å². The van der Waals surface area contributed by atoms with Crippen LogP contribution in [-0.4, -0.2) is 4.57 Å². The first-order chi connectivity index (χ1) is 10.6. The Balaban J connectivity index is 2.34. The van der Waals surface area contributed by atoms with Gasteiger partial charge in [-0.15, -0.1) is 0 Å². The van der Waals surface area contributed by atoms with E-state index in [4.69, 9.17) is 5.73 Å². The van der Waals surface area contributed by atoms with E-state index >= 15 is 0 Å². The van der Waals surface area contributed by atoms with Crippen LogP contribution in [0.25, 0.3) is 5.69 Å². The van der Waals surface area contributed by atoms with E-state index in [1.165, 1.54) is 35.2 Å². The van der Waals surface area contributed by atoms with Crippen LogP contribution in [0.4, 0.5) is 0 Å². The lowest BCUT2D eigenvalue weighted by Crippen LogP contribution is -2.28. The quantitative estimate of drug-likeness (QED) is 0.865. The molecular weight excluding hydrogens is 272 g/mol. The van der Waals surface area contributed by atoms with Gasteiger partial charge in [0.15, 0.2) is 0 Å². The number of nitrogens with two attached hydrogens (primary N) is 1. The molecule has 1 aliphatic rings. The van der Waals surface area contributed by atoms with Crippen LogP contribution >= 0.6 is 0 Å². The molecule has 0 radical (unpaired) electrons. The molecule has 22 heavy (non-hydrogen) atoms. The highest BCUT2D eigenvalue weighted by Crippen LogP contribution is 2.25. The Bertz CT molecular complexity index is 759. The third kappa shape index (κ3) is 2.50. The van der Waals surface area contributed by atoms with Gasteiger partial charge in [0, 0.05) is 17.8 Å². The van der Waals surface area contributed by atoms with Gasteiger partial charge in [-0.2, -0.15) is 0 Å². The third-order valence-corrected chi connectivity index (χ3v) is 4.86. The fraction of sp³-hybridized carbons (Fsp3) is 0.421. The molecule has 0 saturated carbocycles. The van der Waals surface area contributed by atoms with Crippen molar-refractivity contribution < 1.29 is 0 Å². The molecule has 1 aliphatic carbocycles. The number of fused-ring (bicyclic) bond motifs is 1. The zero-order valence-corrected chi connectivity index (χ0v) is 13.5.